The second-order valence-electron chi connectivity index (χ2n) is 6.46. The number of hydrogen-bond donors (Lipinski definition) is 2. The Morgan fingerprint density at radius 2 is 1.79 bits per heavy atom. The lowest BCUT2D eigenvalue weighted by atomic mass is 10.1. The van der Waals surface area contributed by atoms with Crippen LogP contribution in [-0.4, -0.2) is 5.91 Å². The summed E-state index contributed by atoms with van der Waals surface area (Å²) in [5.41, 5.74) is 2.87. The van der Waals surface area contributed by atoms with E-state index in [1.807, 2.05) is 79.7 Å². The van der Waals surface area contributed by atoms with Crippen molar-refractivity contribution in [3.05, 3.63) is 88.7 Å². The van der Waals surface area contributed by atoms with Crippen LogP contribution < -0.4 is 10.2 Å². The highest BCUT2D eigenvalue weighted by Crippen LogP contribution is 2.37. The molecule has 0 bridgehead atoms. The number of benzene rings is 2. The van der Waals surface area contributed by atoms with E-state index in [1.165, 1.54) is 5.56 Å². The number of para-hydroxylation sites is 1. The van der Waals surface area contributed by atoms with Crippen LogP contribution in [0.4, 0.5) is 5.69 Å². The zero-order chi connectivity index (χ0) is 19.7. The van der Waals surface area contributed by atoms with Gasteiger partial charge in [0.25, 0.3) is 5.91 Å². The molecule has 4 rings (SSSR count). The van der Waals surface area contributed by atoms with Crippen molar-refractivity contribution in [2.45, 2.75) is 13.1 Å². The van der Waals surface area contributed by atoms with E-state index in [2.05, 4.69) is 17.9 Å². The molecule has 1 aliphatic heterocycles. The molecule has 0 spiro atoms. The summed E-state index contributed by atoms with van der Waals surface area (Å²) < 4.78 is 6.07. The molecule has 2 aromatic carbocycles. The van der Waals surface area contributed by atoms with Crippen LogP contribution in [-0.2, 0) is 4.79 Å². The molecule has 138 valence electrons. The molecule has 0 radical (unpaired) electrons. The lowest BCUT2D eigenvalue weighted by Gasteiger charge is -2.36. The number of nitrogens with one attached hydrogen (secondary N) is 1. The quantitative estimate of drug-likeness (QED) is 0.647. The van der Waals surface area contributed by atoms with Gasteiger partial charge in [-0.2, -0.15) is 5.26 Å². The van der Waals surface area contributed by atoms with Gasteiger partial charge in [0, 0.05) is 11.3 Å². The van der Waals surface area contributed by atoms with Crippen LogP contribution in [0.1, 0.15) is 17.5 Å². The Morgan fingerprint density at radius 3 is 2.46 bits per heavy atom. The first-order valence-electron chi connectivity index (χ1n) is 8.74. The summed E-state index contributed by atoms with van der Waals surface area (Å²) in [4.78, 5) is 14.2. The summed E-state index contributed by atoms with van der Waals surface area (Å²) in [7, 11) is 0. The minimum absolute atomic E-state index is 0.0336. The van der Waals surface area contributed by atoms with Crippen molar-refractivity contribution in [3.8, 4) is 17.4 Å². The molecule has 6 heteroatoms. The third-order valence-electron chi connectivity index (χ3n) is 4.58. The van der Waals surface area contributed by atoms with Crippen molar-refractivity contribution in [2.75, 3.05) is 4.90 Å². The summed E-state index contributed by atoms with van der Waals surface area (Å²) in [6, 6.07) is 23.1. The fourth-order valence-corrected chi connectivity index (χ4v) is 3.52. The first kappa shape index (κ1) is 18.0. The van der Waals surface area contributed by atoms with Gasteiger partial charge in [-0.1, -0.05) is 48.0 Å². The summed E-state index contributed by atoms with van der Waals surface area (Å²) in [6.45, 7) is 2.03. The molecule has 1 atom stereocenters. The van der Waals surface area contributed by atoms with Crippen LogP contribution in [0.3, 0.4) is 0 Å². The molecule has 1 N–H and O–H groups in total. The maximum absolute atomic E-state index is 12.4. The number of rotatable bonds is 3. The average Bonchev–Trinajstić information content (AvgIpc) is 3.19. The predicted molar refractivity (Wildman–Crippen MR) is 110 cm³/mol. The van der Waals surface area contributed by atoms with Crippen molar-refractivity contribution in [1.29, 1.82) is 5.26 Å². The Hall–Kier alpha value is -3.43. The van der Waals surface area contributed by atoms with Gasteiger partial charge in [0.15, 0.2) is 6.17 Å². The topological polar surface area (TPSA) is 69.3 Å². The molecular weight excluding hydrogens is 370 g/mol. The molecule has 2 heterocycles. The van der Waals surface area contributed by atoms with E-state index in [-0.39, 0.29) is 10.6 Å². The Balaban J connectivity index is 1.77. The Morgan fingerprint density at radius 1 is 1.07 bits per heavy atom. The number of carbonyl (C=O) groups excluding carboxylic acids is 1. The van der Waals surface area contributed by atoms with Crippen LogP contribution in [0, 0.1) is 18.3 Å². The maximum atomic E-state index is 12.4. The first-order chi connectivity index (χ1) is 13.6. The number of nitriles is 1. The monoisotopic (exact) mass is 387 g/mol. The fraction of sp³-hybridized carbons (Fsp3) is 0.0909. The van der Waals surface area contributed by atoms with Gasteiger partial charge >= 0.3 is 0 Å². The van der Waals surface area contributed by atoms with Gasteiger partial charge in [0.05, 0.1) is 5.03 Å². The van der Waals surface area contributed by atoms with Crippen LogP contribution in [0.15, 0.2) is 81.7 Å². The molecule has 0 fully saturated rings. The van der Waals surface area contributed by atoms with Crippen LogP contribution in [0.25, 0.3) is 11.3 Å². The Kier molecular flexibility index (Phi) is 4.68. The van der Waals surface area contributed by atoms with Gasteiger partial charge in [-0.05, 0) is 31.2 Å². The molecule has 0 saturated heterocycles. The lowest BCUT2D eigenvalue weighted by molar-refractivity contribution is -0.118. The summed E-state index contributed by atoms with van der Waals surface area (Å²) in [5, 5.41) is 12.5. The van der Waals surface area contributed by atoms with Gasteiger partial charge < -0.3 is 14.6 Å². The molecule has 1 aromatic heterocycles. The van der Waals surface area contributed by atoms with Gasteiger partial charge in [0.2, 0.25) is 0 Å². The van der Waals surface area contributed by atoms with E-state index in [9.17, 15) is 10.1 Å². The van der Waals surface area contributed by atoms with Crippen LogP contribution in [0.5, 0.6) is 0 Å². The normalized spacial score (nSPS) is 16.7. The molecule has 1 amide bonds. The molecular formula is C22H17N3O2S. The largest absolute Gasteiger partial charge is 0.457 e. The Bertz CT molecular complexity index is 1090. The highest BCUT2D eigenvalue weighted by molar-refractivity contribution is 7.84. The fourth-order valence-electron chi connectivity index (χ4n) is 3.14. The highest BCUT2D eigenvalue weighted by atomic mass is 32.1. The van der Waals surface area contributed by atoms with E-state index in [0.717, 1.165) is 11.3 Å². The molecule has 1 aliphatic rings. The minimum Gasteiger partial charge on any atom is -0.457 e. The third kappa shape index (κ3) is 3.17. The minimum atomic E-state index is -0.612. The second-order valence-corrected chi connectivity index (χ2v) is 6.88. The number of carbonyl (C=O) groups is 1. The van der Waals surface area contributed by atoms with E-state index in [1.54, 1.807) is 4.90 Å². The first-order valence-corrected chi connectivity index (χ1v) is 9.18. The highest BCUT2D eigenvalue weighted by Gasteiger charge is 2.35. The summed E-state index contributed by atoms with van der Waals surface area (Å²) in [5.74, 6) is 0.780. The smallest absolute Gasteiger partial charge is 0.266 e. The molecule has 5 nitrogen and oxygen atoms in total. The molecule has 0 saturated carbocycles. The van der Waals surface area contributed by atoms with E-state index < -0.39 is 12.1 Å². The number of hydrogen-bond acceptors (Lipinski definition) is 5. The van der Waals surface area contributed by atoms with Crippen LogP contribution >= 0.6 is 12.6 Å². The zero-order valence-corrected chi connectivity index (χ0v) is 16.0. The van der Waals surface area contributed by atoms with Crippen molar-refractivity contribution in [2.24, 2.45) is 0 Å². The number of thiol groups is 1. The van der Waals surface area contributed by atoms with Gasteiger partial charge in [-0.25, -0.2) is 0 Å². The van der Waals surface area contributed by atoms with Gasteiger partial charge in [-0.3, -0.25) is 4.79 Å². The van der Waals surface area contributed by atoms with Crippen molar-refractivity contribution < 1.29 is 9.21 Å². The second kappa shape index (κ2) is 7.29. The molecule has 3 aromatic rings. The molecule has 28 heavy (non-hydrogen) atoms. The maximum Gasteiger partial charge on any atom is 0.266 e. The zero-order valence-electron chi connectivity index (χ0n) is 15.1. The van der Waals surface area contributed by atoms with Crippen molar-refractivity contribution in [3.63, 3.8) is 0 Å². The number of aryl methyl sites for hydroxylation is 1. The van der Waals surface area contributed by atoms with Gasteiger partial charge in [0.1, 0.15) is 23.2 Å². The van der Waals surface area contributed by atoms with Gasteiger partial charge in [-0.15, -0.1) is 12.6 Å². The summed E-state index contributed by atoms with van der Waals surface area (Å²) >= 11 is 4.48. The van der Waals surface area contributed by atoms with Crippen LogP contribution in [0.2, 0.25) is 0 Å². The number of amides is 1. The number of anilines is 1. The predicted octanol–water partition coefficient (Wildman–Crippen LogP) is 4.56. The molecule has 0 aliphatic carbocycles. The molecule has 1 unspecified atom stereocenters. The third-order valence-corrected chi connectivity index (χ3v) is 5.02. The van der Waals surface area contributed by atoms with E-state index in [0.29, 0.717) is 11.5 Å². The van der Waals surface area contributed by atoms with E-state index >= 15 is 0 Å². The Labute approximate surface area is 168 Å². The van der Waals surface area contributed by atoms with E-state index in [4.69, 9.17) is 4.42 Å². The average molecular weight is 387 g/mol. The summed E-state index contributed by atoms with van der Waals surface area (Å²) in [6.07, 6.45) is -0.612. The standard InChI is InChI=1S/C22H17N3O2S/c1-14-7-9-15(10-8-14)18-11-12-19(27-18)20-24-21(26)17(13-23)22(28)25(20)16-5-3-2-4-6-16/h2-12,20,28H,1H3,(H,24,26). The number of nitrogens with zero attached hydrogens (tertiary/aromatic N) is 2. The van der Waals surface area contributed by atoms with Crippen molar-refractivity contribution >= 4 is 24.2 Å². The van der Waals surface area contributed by atoms with Crippen molar-refractivity contribution in [1.82, 2.24) is 5.32 Å². The lowest BCUT2D eigenvalue weighted by Crippen LogP contribution is -2.45. The number of furan rings is 1. The SMILES string of the molecule is Cc1ccc(-c2ccc(C3NC(=O)C(C#N)=C(S)N3c3ccccc3)o2)cc1.